The molecule has 0 aromatic heterocycles. The highest BCUT2D eigenvalue weighted by Gasteiger charge is 2.31. The van der Waals surface area contributed by atoms with E-state index in [1.54, 1.807) is 6.92 Å². The van der Waals surface area contributed by atoms with Gasteiger partial charge in [0.25, 0.3) is 0 Å². The molecule has 1 aliphatic rings. The van der Waals surface area contributed by atoms with Crippen LogP contribution in [0.25, 0.3) is 0 Å². The van der Waals surface area contributed by atoms with E-state index in [0.29, 0.717) is 0 Å². The number of hydrogen-bond donors (Lipinski definition) is 1. The van der Waals surface area contributed by atoms with E-state index in [0.717, 1.165) is 32.5 Å². The summed E-state index contributed by atoms with van der Waals surface area (Å²) in [5.74, 6) is 0. The lowest BCUT2D eigenvalue weighted by Crippen LogP contribution is -2.48. The number of piperidine rings is 1. The maximum atomic E-state index is 12.4. The fourth-order valence-corrected chi connectivity index (χ4v) is 2.99. The Kier molecular flexibility index (Phi) is 5.65. The minimum absolute atomic E-state index is 0.153. The van der Waals surface area contributed by atoms with E-state index in [4.69, 9.17) is 0 Å². The summed E-state index contributed by atoms with van der Waals surface area (Å²) in [6.07, 6.45) is -2.87. The zero-order chi connectivity index (χ0) is 15.3. The SMILES string of the molecule is CC(CC(F)(F)F)NC1CCCN(Cc2ccccc2)C1. The lowest BCUT2D eigenvalue weighted by atomic mass is 10.0. The molecular formula is C16H23F3N2. The minimum atomic E-state index is -4.09. The molecule has 1 aromatic rings. The van der Waals surface area contributed by atoms with Gasteiger partial charge in [0.2, 0.25) is 0 Å². The number of hydrogen-bond acceptors (Lipinski definition) is 2. The van der Waals surface area contributed by atoms with E-state index in [2.05, 4.69) is 22.3 Å². The second kappa shape index (κ2) is 7.27. The molecule has 0 radical (unpaired) electrons. The largest absolute Gasteiger partial charge is 0.390 e. The van der Waals surface area contributed by atoms with Gasteiger partial charge in [-0.05, 0) is 31.9 Å². The summed E-state index contributed by atoms with van der Waals surface area (Å²) in [5.41, 5.74) is 1.25. The molecule has 0 bridgehead atoms. The summed E-state index contributed by atoms with van der Waals surface area (Å²) >= 11 is 0. The van der Waals surface area contributed by atoms with Crippen LogP contribution in [0.3, 0.4) is 0 Å². The number of rotatable bonds is 5. The molecule has 1 fully saturated rings. The number of alkyl halides is 3. The molecule has 1 N–H and O–H groups in total. The fourth-order valence-electron chi connectivity index (χ4n) is 2.99. The first-order valence-corrected chi connectivity index (χ1v) is 7.51. The van der Waals surface area contributed by atoms with Gasteiger partial charge in [0.05, 0.1) is 6.42 Å². The van der Waals surface area contributed by atoms with Crippen molar-refractivity contribution in [1.82, 2.24) is 10.2 Å². The predicted molar refractivity (Wildman–Crippen MR) is 78.0 cm³/mol. The number of likely N-dealkylation sites (tertiary alicyclic amines) is 1. The molecule has 21 heavy (non-hydrogen) atoms. The molecule has 0 amide bonds. The molecule has 1 heterocycles. The Morgan fingerprint density at radius 2 is 2.00 bits per heavy atom. The number of halogens is 3. The van der Waals surface area contributed by atoms with E-state index in [1.165, 1.54) is 5.56 Å². The fraction of sp³-hybridized carbons (Fsp3) is 0.625. The first-order valence-electron chi connectivity index (χ1n) is 7.51. The molecule has 2 rings (SSSR count). The lowest BCUT2D eigenvalue weighted by Gasteiger charge is -2.35. The first-order chi connectivity index (χ1) is 9.92. The summed E-state index contributed by atoms with van der Waals surface area (Å²) in [5, 5.41) is 3.13. The van der Waals surface area contributed by atoms with E-state index in [-0.39, 0.29) is 6.04 Å². The molecule has 2 unspecified atom stereocenters. The van der Waals surface area contributed by atoms with Gasteiger partial charge in [-0.1, -0.05) is 30.3 Å². The van der Waals surface area contributed by atoms with Crippen molar-refractivity contribution in [2.45, 2.75) is 51.0 Å². The Labute approximate surface area is 124 Å². The van der Waals surface area contributed by atoms with Gasteiger partial charge in [0.15, 0.2) is 0 Å². The quantitative estimate of drug-likeness (QED) is 0.894. The maximum absolute atomic E-state index is 12.4. The second-order valence-corrected chi connectivity index (χ2v) is 5.95. The summed E-state index contributed by atoms with van der Waals surface area (Å²) in [7, 11) is 0. The van der Waals surface area contributed by atoms with E-state index >= 15 is 0 Å². The van der Waals surface area contributed by atoms with Gasteiger partial charge in [-0.25, -0.2) is 0 Å². The molecular weight excluding hydrogens is 277 g/mol. The molecule has 0 saturated carbocycles. The van der Waals surface area contributed by atoms with Crippen LogP contribution in [0.15, 0.2) is 30.3 Å². The van der Waals surface area contributed by atoms with Crippen molar-refractivity contribution in [1.29, 1.82) is 0 Å². The van der Waals surface area contributed by atoms with Gasteiger partial charge in [-0.2, -0.15) is 13.2 Å². The minimum Gasteiger partial charge on any atom is -0.310 e. The maximum Gasteiger partial charge on any atom is 0.390 e. The van der Waals surface area contributed by atoms with Gasteiger partial charge in [-0.3, -0.25) is 4.90 Å². The van der Waals surface area contributed by atoms with Crippen molar-refractivity contribution < 1.29 is 13.2 Å². The average molecular weight is 300 g/mol. The van der Waals surface area contributed by atoms with Crippen LogP contribution in [0, 0.1) is 0 Å². The van der Waals surface area contributed by atoms with Crippen molar-refractivity contribution in [3.8, 4) is 0 Å². The normalized spacial score (nSPS) is 22.2. The highest BCUT2D eigenvalue weighted by molar-refractivity contribution is 5.14. The van der Waals surface area contributed by atoms with Gasteiger partial charge in [-0.15, -0.1) is 0 Å². The van der Waals surface area contributed by atoms with Gasteiger partial charge < -0.3 is 5.32 Å². The highest BCUT2D eigenvalue weighted by Crippen LogP contribution is 2.22. The third-order valence-corrected chi connectivity index (χ3v) is 3.81. The zero-order valence-electron chi connectivity index (χ0n) is 12.4. The van der Waals surface area contributed by atoms with Gasteiger partial charge in [0, 0.05) is 25.2 Å². The van der Waals surface area contributed by atoms with Crippen LogP contribution >= 0.6 is 0 Å². The van der Waals surface area contributed by atoms with Crippen molar-refractivity contribution >= 4 is 0 Å². The summed E-state index contributed by atoms with van der Waals surface area (Å²) in [6, 6.07) is 9.82. The average Bonchev–Trinajstić information content (AvgIpc) is 2.38. The molecule has 0 aliphatic carbocycles. The molecule has 1 aliphatic heterocycles. The number of benzene rings is 1. The summed E-state index contributed by atoms with van der Waals surface area (Å²) < 4.78 is 37.1. The van der Waals surface area contributed by atoms with Gasteiger partial charge >= 0.3 is 6.18 Å². The third kappa shape index (κ3) is 6.06. The standard InChI is InChI=1S/C16H23F3N2/c1-13(10-16(17,18)19)20-15-8-5-9-21(12-15)11-14-6-3-2-4-7-14/h2-4,6-7,13,15,20H,5,8-12H2,1H3. The summed E-state index contributed by atoms with van der Waals surface area (Å²) in [6.45, 7) is 4.31. The Balaban J connectivity index is 1.80. The smallest absolute Gasteiger partial charge is 0.310 e. The van der Waals surface area contributed by atoms with Crippen LogP contribution < -0.4 is 5.32 Å². The van der Waals surface area contributed by atoms with Crippen LogP contribution in [0.1, 0.15) is 31.7 Å². The number of nitrogens with one attached hydrogen (secondary N) is 1. The molecule has 5 heteroatoms. The third-order valence-electron chi connectivity index (χ3n) is 3.81. The predicted octanol–water partition coefficient (Wildman–Crippen LogP) is 3.58. The van der Waals surface area contributed by atoms with Crippen molar-refractivity contribution in [3.63, 3.8) is 0 Å². The van der Waals surface area contributed by atoms with Crippen molar-refractivity contribution in [2.24, 2.45) is 0 Å². The topological polar surface area (TPSA) is 15.3 Å². The summed E-state index contributed by atoms with van der Waals surface area (Å²) in [4.78, 5) is 2.32. The van der Waals surface area contributed by atoms with Crippen LogP contribution in [0.4, 0.5) is 13.2 Å². The first kappa shape index (κ1) is 16.3. The molecule has 0 spiro atoms. The molecule has 2 atom stereocenters. The van der Waals surface area contributed by atoms with Crippen LogP contribution in [-0.4, -0.2) is 36.2 Å². The monoisotopic (exact) mass is 300 g/mol. The van der Waals surface area contributed by atoms with Crippen LogP contribution in [0.5, 0.6) is 0 Å². The molecule has 118 valence electrons. The van der Waals surface area contributed by atoms with E-state index in [1.807, 2.05) is 18.2 Å². The molecule has 1 saturated heterocycles. The number of nitrogens with zero attached hydrogens (tertiary/aromatic N) is 1. The Morgan fingerprint density at radius 3 is 2.67 bits per heavy atom. The van der Waals surface area contributed by atoms with Crippen LogP contribution in [-0.2, 0) is 6.54 Å². The Bertz CT molecular complexity index is 419. The highest BCUT2D eigenvalue weighted by atomic mass is 19.4. The van der Waals surface area contributed by atoms with Crippen molar-refractivity contribution in [3.05, 3.63) is 35.9 Å². The zero-order valence-corrected chi connectivity index (χ0v) is 12.4. The van der Waals surface area contributed by atoms with Crippen LogP contribution in [0.2, 0.25) is 0 Å². The second-order valence-electron chi connectivity index (χ2n) is 5.95. The lowest BCUT2D eigenvalue weighted by molar-refractivity contribution is -0.139. The van der Waals surface area contributed by atoms with E-state index < -0.39 is 18.6 Å². The molecule has 1 aromatic carbocycles. The van der Waals surface area contributed by atoms with Crippen molar-refractivity contribution in [2.75, 3.05) is 13.1 Å². The molecule has 2 nitrogen and oxygen atoms in total. The van der Waals surface area contributed by atoms with Gasteiger partial charge in [0.1, 0.15) is 0 Å². The van der Waals surface area contributed by atoms with E-state index in [9.17, 15) is 13.2 Å². The Hall–Kier alpha value is -1.07. The Morgan fingerprint density at radius 1 is 1.29 bits per heavy atom.